The van der Waals surface area contributed by atoms with Crippen LogP contribution in [0.2, 0.25) is 0 Å². The molecular weight excluding hydrogens is 208 g/mol. The van der Waals surface area contributed by atoms with Crippen molar-refractivity contribution in [3.05, 3.63) is 29.8 Å². The summed E-state index contributed by atoms with van der Waals surface area (Å²) in [5, 5.41) is -0.578. The maximum Gasteiger partial charge on any atom is 0.230 e. The number of hydrogen-bond donors (Lipinski definition) is 1. The maximum atomic E-state index is 13.1. The number of carbonyl (C=O) groups excluding carboxylic acids is 1. The van der Waals surface area contributed by atoms with Crippen molar-refractivity contribution in [2.45, 2.75) is 17.1 Å². The summed E-state index contributed by atoms with van der Waals surface area (Å²) in [4.78, 5) is 10.8. The molecule has 0 saturated carbocycles. The Balaban J connectivity index is 2.85. The molecule has 0 saturated heterocycles. The second-order valence-corrected chi connectivity index (χ2v) is 4.12. The van der Waals surface area contributed by atoms with Crippen LogP contribution in [0.5, 0.6) is 0 Å². The zero-order chi connectivity index (χ0) is 10.7. The minimum Gasteiger partial charge on any atom is -0.369 e. The lowest BCUT2D eigenvalue weighted by Gasteiger charge is -2.07. The number of benzene rings is 1. The van der Waals surface area contributed by atoms with Gasteiger partial charge < -0.3 is 5.73 Å². The molecule has 1 rings (SSSR count). The first kappa shape index (κ1) is 11.0. The van der Waals surface area contributed by atoms with Gasteiger partial charge in [-0.25, -0.2) is 8.78 Å². The van der Waals surface area contributed by atoms with Gasteiger partial charge in [-0.15, -0.1) is 11.8 Å². The fraction of sp³-hybridized carbons (Fsp3) is 0.222. The van der Waals surface area contributed by atoms with Crippen molar-refractivity contribution < 1.29 is 13.6 Å². The Kier molecular flexibility index (Phi) is 3.46. The predicted molar refractivity (Wildman–Crippen MR) is 50.9 cm³/mol. The lowest BCUT2D eigenvalue weighted by Crippen LogP contribution is -2.22. The molecule has 0 heterocycles. The van der Waals surface area contributed by atoms with Gasteiger partial charge in [-0.1, -0.05) is 0 Å². The Bertz CT molecular complexity index is 357. The number of thioether (sulfide) groups is 1. The van der Waals surface area contributed by atoms with Crippen LogP contribution in [-0.4, -0.2) is 11.2 Å². The molecule has 1 aromatic carbocycles. The summed E-state index contributed by atoms with van der Waals surface area (Å²) in [5.74, 6) is -1.64. The molecule has 0 aliphatic heterocycles. The highest BCUT2D eigenvalue weighted by molar-refractivity contribution is 8.00. The van der Waals surface area contributed by atoms with E-state index in [1.54, 1.807) is 0 Å². The molecule has 0 aromatic heterocycles. The number of carbonyl (C=O) groups is 1. The second kappa shape index (κ2) is 4.41. The molecular formula is C9H9F2NOS. The first-order valence-electron chi connectivity index (χ1n) is 3.91. The molecule has 0 fully saturated rings. The normalized spacial score (nSPS) is 12.5. The fourth-order valence-electron chi connectivity index (χ4n) is 0.816. The van der Waals surface area contributed by atoms with E-state index in [-0.39, 0.29) is 4.90 Å². The van der Waals surface area contributed by atoms with Crippen LogP contribution in [0.4, 0.5) is 8.78 Å². The van der Waals surface area contributed by atoms with E-state index in [2.05, 4.69) is 0 Å². The molecule has 14 heavy (non-hydrogen) atoms. The van der Waals surface area contributed by atoms with Crippen molar-refractivity contribution in [3.63, 3.8) is 0 Å². The molecule has 1 aromatic rings. The van der Waals surface area contributed by atoms with E-state index in [1.807, 2.05) is 0 Å². The van der Waals surface area contributed by atoms with Crippen molar-refractivity contribution in [1.29, 1.82) is 0 Å². The predicted octanol–water partition coefficient (Wildman–Crippen LogP) is 1.93. The van der Waals surface area contributed by atoms with E-state index in [9.17, 15) is 13.6 Å². The molecule has 5 heteroatoms. The van der Waals surface area contributed by atoms with Crippen LogP contribution in [0.3, 0.4) is 0 Å². The number of amides is 1. The molecule has 0 aliphatic rings. The van der Waals surface area contributed by atoms with Gasteiger partial charge in [0.15, 0.2) is 0 Å². The number of primary amides is 1. The third-order valence-electron chi connectivity index (χ3n) is 1.60. The minimum absolute atomic E-state index is 0.0938. The van der Waals surface area contributed by atoms with Crippen molar-refractivity contribution in [1.82, 2.24) is 0 Å². The van der Waals surface area contributed by atoms with Gasteiger partial charge in [0, 0.05) is 4.90 Å². The van der Waals surface area contributed by atoms with Crippen LogP contribution in [0.25, 0.3) is 0 Å². The molecule has 0 bridgehead atoms. The summed E-state index contributed by atoms with van der Waals surface area (Å²) in [7, 11) is 0. The van der Waals surface area contributed by atoms with E-state index >= 15 is 0 Å². The van der Waals surface area contributed by atoms with Gasteiger partial charge in [0.05, 0.1) is 5.25 Å². The van der Waals surface area contributed by atoms with Crippen LogP contribution in [0.1, 0.15) is 6.92 Å². The van der Waals surface area contributed by atoms with Crippen molar-refractivity contribution in [3.8, 4) is 0 Å². The fourth-order valence-corrected chi connectivity index (χ4v) is 1.67. The van der Waals surface area contributed by atoms with Crippen LogP contribution in [0.15, 0.2) is 23.1 Å². The van der Waals surface area contributed by atoms with E-state index < -0.39 is 22.8 Å². The Labute approximate surface area is 84.5 Å². The molecule has 76 valence electrons. The highest BCUT2D eigenvalue weighted by Crippen LogP contribution is 2.26. The Morgan fingerprint density at radius 3 is 2.71 bits per heavy atom. The van der Waals surface area contributed by atoms with Gasteiger partial charge in [0.1, 0.15) is 11.6 Å². The van der Waals surface area contributed by atoms with Crippen molar-refractivity contribution >= 4 is 17.7 Å². The van der Waals surface area contributed by atoms with Crippen molar-refractivity contribution in [2.75, 3.05) is 0 Å². The first-order chi connectivity index (χ1) is 6.50. The number of halogens is 2. The first-order valence-corrected chi connectivity index (χ1v) is 4.79. The summed E-state index contributed by atoms with van der Waals surface area (Å²) in [6.45, 7) is 1.54. The van der Waals surface area contributed by atoms with E-state index in [4.69, 9.17) is 5.73 Å². The summed E-state index contributed by atoms with van der Waals surface area (Å²) in [6.07, 6.45) is 0. The van der Waals surface area contributed by atoms with Crippen LogP contribution < -0.4 is 5.73 Å². The summed E-state index contributed by atoms with van der Waals surface area (Å²) in [6, 6.07) is 3.08. The Hall–Kier alpha value is -1.10. The topological polar surface area (TPSA) is 43.1 Å². The van der Waals surface area contributed by atoms with E-state index in [1.165, 1.54) is 6.92 Å². The molecule has 0 aliphatic carbocycles. The zero-order valence-corrected chi connectivity index (χ0v) is 8.28. The monoisotopic (exact) mass is 217 g/mol. The van der Waals surface area contributed by atoms with Gasteiger partial charge in [-0.05, 0) is 25.1 Å². The van der Waals surface area contributed by atoms with Crippen LogP contribution >= 0.6 is 11.8 Å². The third kappa shape index (κ3) is 2.70. The van der Waals surface area contributed by atoms with E-state index in [0.29, 0.717) is 0 Å². The third-order valence-corrected chi connectivity index (χ3v) is 2.75. The van der Waals surface area contributed by atoms with Crippen molar-refractivity contribution in [2.24, 2.45) is 5.73 Å². The average molecular weight is 217 g/mol. The second-order valence-electron chi connectivity index (χ2n) is 2.74. The molecule has 2 N–H and O–H groups in total. The lowest BCUT2D eigenvalue weighted by atomic mass is 10.3. The van der Waals surface area contributed by atoms with Gasteiger partial charge >= 0.3 is 0 Å². The van der Waals surface area contributed by atoms with E-state index in [0.717, 1.165) is 30.0 Å². The quantitative estimate of drug-likeness (QED) is 0.786. The number of rotatable bonds is 3. The smallest absolute Gasteiger partial charge is 0.230 e. The number of hydrogen-bond acceptors (Lipinski definition) is 2. The summed E-state index contributed by atoms with van der Waals surface area (Å²) in [5.41, 5.74) is 5.00. The molecule has 0 spiro atoms. The van der Waals surface area contributed by atoms with Crippen LogP contribution in [-0.2, 0) is 4.79 Å². The highest BCUT2D eigenvalue weighted by Gasteiger charge is 2.13. The largest absolute Gasteiger partial charge is 0.369 e. The molecule has 2 nitrogen and oxygen atoms in total. The van der Waals surface area contributed by atoms with Gasteiger partial charge in [0.2, 0.25) is 5.91 Å². The SMILES string of the molecule is CC(Sc1cc(F)ccc1F)C(N)=O. The molecule has 1 unspecified atom stereocenters. The van der Waals surface area contributed by atoms with Gasteiger partial charge in [-0.3, -0.25) is 4.79 Å². The standard InChI is InChI=1S/C9H9F2NOS/c1-5(9(12)13)14-8-4-6(10)2-3-7(8)11/h2-5H,1H3,(H2,12,13). The van der Waals surface area contributed by atoms with Gasteiger partial charge in [-0.2, -0.15) is 0 Å². The highest BCUT2D eigenvalue weighted by atomic mass is 32.2. The Morgan fingerprint density at radius 2 is 2.14 bits per heavy atom. The molecule has 1 amide bonds. The zero-order valence-electron chi connectivity index (χ0n) is 7.46. The van der Waals surface area contributed by atoms with Crippen LogP contribution in [0, 0.1) is 11.6 Å². The van der Waals surface area contributed by atoms with Gasteiger partial charge in [0.25, 0.3) is 0 Å². The summed E-state index contributed by atoms with van der Waals surface area (Å²) >= 11 is 0.903. The summed E-state index contributed by atoms with van der Waals surface area (Å²) < 4.78 is 25.8. The minimum atomic E-state index is -0.578. The molecule has 0 radical (unpaired) electrons. The maximum absolute atomic E-state index is 13.1. The Morgan fingerprint density at radius 1 is 1.50 bits per heavy atom. The number of nitrogens with two attached hydrogens (primary N) is 1. The lowest BCUT2D eigenvalue weighted by molar-refractivity contribution is -0.117. The molecule has 1 atom stereocenters. The average Bonchev–Trinajstić information content (AvgIpc) is 2.11.